The lowest BCUT2D eigenvalue weighted by molar-refractivity contribution is 0.0728. The Kier molecular flexibility index (Phi) is 3.94. The number of nitrogens with zero attached hydrogens (tertiary/aromatic N) is 4. The van der Waals surface area contributed by atoms with Crippen LogP contribution in [0.1, 0.15) is 21.7 Å². The van der Waals surface area contributed by atoms with Crippen molar-refractivity contribution in [3.8, 4) is 11.3 Å². The molecule has 3 heterocycles. The van der Waals surface area contributed by atoms with Gasteiger partial charge in [0.1, 0.15) is 0 Å². The van der Waals surface area contributed by atoms with Crippen molar-refractivity contribution in [2.24, 2.45) is 7.05 Å². The molecule has 1 aliphatic rings. The van der Waals surface area contributed by atoms with Gasteiger partial charge in [0.25, 0.3) is 5.91 Å². The molecular formula is C21H18ClN5O. The van der Waals surface area contributed by atoms with Gasteiger partial charge in [-0.15, -0.1) is 0 Å². The molecule has 2 aromatic carbocycles. The van der Waals surface area contributed by atoms with Crippen molar-refractivity contribution >= 4 is 28.4 Å². The number of carbonyl (C=O) groups is 1. The summed E-state index contributed by atoms with van der Waals surface area (Å²) in [6.07, 6.45) is 0.766. The van der Waals surface area contributed by atoms with Gasteiger partial charge in [-0.2, -0.15) is 10.2 Å². The number of hydrogen-bond donors (Lipinski definition) is 1. The lowest BCUT2D eigenvalue weighted by Crippen LogP contribution is -2.36. The molecular weight excluding hydrogens is 374 g/mol. The summed E-state index contributed by atoms with van der Waals surface area (Å²) in [6, 6.07) is 15.7. The van der Waals surface area contributed by atoms with Gasteiger partial charge >= 0.3 is 0 Å². The third kappa shape index (κ3) is 2.60. The molecule has 0 bridgehead atoms. The molecule has 1 N–H and O–H groups in total. The lowest BCUT2D eigenvalue weighted by atomic mass is 9.99. The third-order valence-electron chi connectivity index (χ3n) is 5.29. The summed E-state index contributed by atoms with van der Waals surface area (Å²) < 4.78 is 1.91. The number of carbonyl (C=O) groups excluding carboxylic acids is 1. The number of rotatable bonds is 2. The minimum atomic E-state index is -0.105. The summed E-state index contributed by atoms with van der Waals surface area (Å²) in [6.45, 7) is 1.11. The van der Waals surface area contributed by atoms with Crippen molar-refractivity contribution in [3.63, 3.8) is 0 Å². The zero-order valence-corrected chi connectivity index (χ0v) is 16.1. The first-order chi connectivity index (χ1) is 13.6. The number of hydrogen-bond acceptors (Lipinski definition) is 3. The molecule has 0 fully saturated rings. The second-order valence-corrected chi connectivity index (χ2v) is 7.38. The molecule has 0 aliphatic carbocycles. The molecule has 0 radical (unpaired) electrons. The average Bonchev–Trinajstić information content (AvgIpc) is 3.28. The number of amides is 1. The number of H-pyrrole nitrogens is 1. The van der Waals surface area contributed by atoms with E-state index >= 15 is 0 Å². The largest absolute Gasteiger partial charge is 0.331 e. The minimum absolute atomic E-state index is 0.105. The van der Waals surface area contributed by atoms with Crippen LogP contribution < -0.4 is 0 Å². The van der Waals surface area contributed by atoms with Crippen molar-refractivity contribution in [1.82, 2.24) is 24.9 Å². The highest BCUT2D eigenvalue weighted by molar-refractivity contribution is 6.35. The Morgan fingerprint density at radius 1 is 1.14 bits per heavy atom. The van der Waals surface area contributed by atoms with E-state index in [2.05, 4.69) is 22.3 Å². The number of para-hydroxylation sites is 1. The van der Waals surface area contributed by atoms with Crippen LogP contribution >= 0.6 is 11.6 Å². The van der Waals surface area contributed by atoms with Crippen LogP contribution in [0.4, 0.5) is 0 Å². The number of nitrogens with one attached hydrogen (secondary N) is 1. The fourth-order valence-electron chi connectivity index (χ4n) is 3.97. The maximum atomic E-state index is 13.1. The molecule has 0 spiro atoms. The van der Waals surface area contributed by atoms with E-state index < -0.39 is 0 Å². The number of aryl methyl sites for hydroxylation is 1. The Labute approximate surface area is 166 Å². The van der Waals surface area contributed by atoms with Crippen LogP contribution in [0.25, 0.3) is 22.2 Å². The number of aromatic amines is 1. The van der Waals surface area contributed by atoms with Crippen molar-refractivity contribution in [2.75, 3.05) is 6.54 Å². The summed E-state index contributed by atoms with van der Waals surface area (Å²) in [5.41, 5.74) is 5.52. The first kappa shape index (κ1) is 17.0. The van der Waals surface area contributed by atoms with E-state index in [-0.39, 0.29) is 5.91 Å². The van der Waals surface area contributed by atoms with Crippen LogP contribution in [0.2, 0.25) is 5.02 Å². The van der Waals surface area contributed by atoms with Gasteiger partial charge in [-0.3, -0.25) is 14.6 Å². The number of aromatic nitrogens is 4. The molecule has 0 saturated heterocycles. The molecule has 4 aromatic rings. The van der Waals surface area contributed by atoms with Gasteiger partial charge < -0.3 is 4.90 Å². The summed E-state index contributed by atoms with van der Waals surface area (Å²) in [5.74, 6) is -0.105. The topological polar surface area (TPSA) is 66.8 Å². The van der Waals surface area contributed by atoms with Gasteiger partial charge in [-0.1, -0.05) is 54.1 Å². The fraction of sp³-hybridized carbons (Fsp3) is 0.190. The number of benzene rings is 2. The Bertz CT molecular complexity index is 1190. The van der Waals surface area contributed by atoms with E-state index in [1.165, 1.54) is 5.56 Å². The molecule has 1 amide bonds. The SMILES string of the molecule is Cn1nc2c(c1-c1ccccc1)CCN(C(=O)c1n[nH]c3c(Cl)cccc13)C2. The second kappa shape index (κ2) is 6.49. The Morgan fingerprint density at radius 3 is 2.79 bits per heavy atom. The van der Waals surface area contributed by atoms with Gasteiger partial charge in [0, 0.05) is 30.1 Å². The third-order valence-corrected chi connectivity index (χ3v) is 5.60. The van der Waals surface area contributed by atoms with E-state index in [0.29, 0.717) is 29.3 Å². The normalized spacial score (nSPS) is 13.7. The van der Waals surface area contributed by atoms with E-state index in [0.717, 1.165) is 28.8 Å². The molecule has 7 heteroatoms. The molecule has 5 rings (SSSR count). The molecule has 0 unspecified atom stereocenters. The first-order valence-electron chi connectivity index (χ1n) is 9.15. The van der Waals surface area contributed by atoms with Crippen LogP contribution in [0.5, 0.6) is 0 Å². The summed E-state index contributed by atoms with van der Waals surface area (Å²) in [5, 5.41) is 13.1. The molecule has 1 aliphatic heterocycles. The zero-order chi connectivity index (χ0) is 19.3. The molecule has 28 heavy (non-hydrogen) atoms. The smallest absolute Gasteiger partial charge is 0.275 e. The summed E-state index contributed by atoms with van der Waals surface area (Å²) in [4.78, 5) is 14.9. The number of fused-ring (bicyclic) bond motifs is 2. The van der Waals surface area contributed by atoms with Gasteiger partial charge in [-0.05, 0) is 12.5 Å². The summed E-state index contributed by atoms with van der Waals surface area (Å²) >= 11 is 6.20. The molecule has 0 saturated carbocycles. The second-order valence-electron chi connectivity index (χ2n) is 6.97. The summed E-state index contributed by atoms with van der Waals surface area (Å²) in [7, 11) is 1.95. The van der Waals surface area contributed by atoms with Crippen LogP contribution in [-0.4, -0.2) is 37.3 Å². The predicted molar refractivity (Wildman–Crippen MR) is 108 cm³/mol. The van der Waals surface area contributed by atoms with Crippen LogP contribution in [0.15, 0.2) is 48.5 Å². The highest BCUT2D eigenvalue weighted by Gasteiger charge is 2.29. The Hall–Kier alpha value is -3.12. The maximum absolute atomic E-state index is 13.1. The standard InChI is InChI=1S/C21H18ClN5O/c1-26-20(13-6-3-2-4-7-13)14-10-11-27(12-17(14)25-26)21(28)19-15-8-5-9-16(22)18(15)23-24-19/h2-9H,10-12H2,1H3,(H,23,24). The minimum Gasteiger partial charge on any atom is -0.331 e. The van der Waals surface area contributed by atoms with Crippen molar-refractivity contribution in [2.45, 2.75) is 13.0 Å². The van der Waals surface area contributed by atoms with E-state index in [4.69, 9.17) is 16.7 Å². The van der Waals surface area contributed by atoms with Gasteiger partial charge in [0.15, 0.2) is 5.69 Å². The Balaban J connectivity index is 1.48. The molecule has 0 atom stereocenters. The van der Waals surface area contributed by atoms with Crippen LogP contribution in [0.3, 0.4) is 0 Å². The quantitative estimate of drug-likeness (QED) is 0.565. The highest BCUT2D eigenvalue weighted by atomic mass is 35.5. The van der Waals surface area contributed by atoms with E-state index in [1.54, 1.807) is 11.0 Å². The maximum Gasteiger partial charge on any atom is 0.275 e. The van der Waals surface area contributed by atoms with Crippen molar-refractivity contribution in [3.05, 3.63) is 70.5 Å². The lowest BCUT2D eigenvalue weighted by Gasteiger charge is -2.26. The molecule has 2 aromatic heterocycles. The van der Waals surface area contributed by atoms with E-state index in [9.17, 15) is 4.79 Å². The predicted octanol–water partition coefficient (Wildman–Crippen LogP) is 3.82. The fourth-order valence-corrected chi connectivity index (χ4v) is 4.19. The van der Waals surface area contributed by atoms with E-state index in [1.807, 2.05) is 42.1 Å². The Morgan fingerprint density at radius 2 is 1.96 bits per heavy atom. The van der Waals surface area contributed by atoms with Gasteiger partial charge in [0.2, 0.25) is 0 Å². The van der Waals surface area contributed by atoms with Crippen LogP contribution in [0, 0.1) is 0 Å². The highest BCUT2D eigenvalue weighted by Crippen LogP contribution is 2.31. The number of halogens is 1. The van der Waals surface area contributed by atoms with Crippen molar-refractivity contribution < 1.29 is 4.79 Å². The van der Waals surface area contributed by atoms with Crippen LogP contribution in [-0.2, 0) is 20.0 Å². The van der Waals surface area contributed by atoms with Gasteiger partial charge in [-0.25, -0.2) is 0 Å². The zero-order valence-electron chi connectivity index (χ0n) is 15.3. The van der Waals surface area contributed by atoms with Gasteiger partial charge in [0.05, 0.1) is 28.5 Å². The monoisotopic (exact) mass is 391 g/mol. The molecule has 140 valence electrons. The first-order valence-corrected chi connectivity index (χ1v) is 9.53. The molecule has 6 nitrogen and oxygen atoms in total. The van der Waals surface area contributed by atoms with Crippen molar-refractivity contribution in [1.29, 1.82) is 0 Å². The average molecular weight is 392 g/mol.